The highest BCUT2D eigenvalue weighted by Gasteiger charge is 2.04. The molecule has 1 aromatic rings. The molecule has 0 saturated heterocycles. The lowest BCUT2D eigenvalue weighted by Gasteiger charge is -2.10. The van der Waals surface area contributed by atoms with Crippen molar-refractivity contribution in [3.63, 3.8) is 0 Å². The van der Waals surface area contributed by atoms with E-state index >= 15 is 0 Å². The predicted molar refractivity (Wildman–Crippen MR) is 88.3 cm³/mol. The molecule has 0 spiro atoms. The Labute approximate surface area is 133 Å². The van der Waals surface area contributed by atoms with Gasteiger partial charge in [0, 0.05) is 12.1 Å². The smallest absolute Gasteiger partial charge is 0.331 e. The molecule has 4 heteroatoms. The summed E-state index contributed by atoms with van der Waals surface area (Å²) in [5.74, 6) is 1.13. The second kappa shape index (κ2) is 9.87. The molecule has 22 heavy (non-hydrogen) atoms. The number of ether oxygens (including phenoxy) is 3. The fraction of sp³-hybridized carbons (Fsp3) is 0.500. The molecule has 1 rings (SSSR count). The maximum atomic E-state index is 11.6. The Morgan fingerprint density at radius 2 is 1.59 bits per heavy atom. The van der Waals surface area contributed by atoms with Crippen LogP contribution in [0.5, 0.6) is 11.5 Å². The molecule has 0 aromatic heterocycles. The molecule has 4 nitrogen and oxygen atoms in total. The van der Waals surface area contributed by atoms with Gasteiger partial charge in [-0.25, -0.2) is 4.79 Å². The first-order valence-electron chi connectivity index (χ1n) is 7.84. The van der Waals surface area contributed by atoms with Gasteiger partial charge in [-0.2, -0.15) is 0 Å². The van der Waals surface area contributed by atoms with Crippen LogP contribution in [0.2, 0.25) is 0 Å². The molecule has 0 saturated carbocycles. The second-order valence-electron chi connectivity index (χ2n) is 5.25. The normalized spacial score (nSPS) is 11.0. The number of benzene rings is 1. The zero-order valence-corrected chi connectivity index (χ0v) is 13.9. The monoisotopic (exact) mass is 306 g/mol. The van der Waals surface area contributed by atoms with Crippen molar-refractivity contribution in [3.8, 4) is 11.5 Å². The average molecular weight is 306 g/mol. The van der Waals surface area contributed by atoms with Gasteiger partial charge in [0.1, 0.15) is 11.5 Å². The van der Waals surface area contributed by atoms with Gasteiger partial charge in [0.05, 0.1) is 19.3 Å². The van der Waals surface area contributed by atoms with Gasteiger partial charge < -0.3 is 14.2 Å². The minimum atomic E-state index is -0.356. The second-order valence-corrected chi connectivity index (χ2v) is 5.25. The first-order chi connectivity index (χ1) is 10.5. The molecule has 0 radical (unpaired) electrons. The van der Waals surface area contributed by atoms with Crippen LogP contribution in [0.25, 0.3) is 6.08 Å². The fourth-order valence-corrected chi connectivity index (χ4v) is 1.73. The van der Waals surface area contributed by atoms with Crippen LogP contribution in [-0.4, -0.2) is 25.3 Å². The van der Waals surface area contributed by atoms with E-state index in [1.165, 1.54) is 6.08 Å². The lowest BCUT2D eigenvalue weighted by atomic mass is 10.2. The van der Waals surface area contributed by atoms with E-state index < -0.39 is 0 Å². The summed E-state index contributed by atoms with van der Waals surface area (Å²) in [6.07, 6.45) is 4.88. The standard InChI is InChI=1S/C18H26O4/c1-5-9-20-16-11-15(7-8-18(19)22-14(3)4)12-17(13-16)21-10-6-2/h7-8,11-14H,5-6,9-10H2,1-4H3. The topological polar surface area (TPSA) is 44.8 Å². The minimum absolute atomic E-state index is 0.125. The van der Waals surface area contributed by atoms with Crippen LogP contribution in [0.1, 0.15) is 46.1 Å². The van der Waals surface area contributed by atoms with E-state index in [1.807, 2.05) is 32.0 Å². The lowest BCUT2D eigenvalue weighted by Crippen LogP contribution is -2.08. The number of esters is 1. The van der Waals surface area contributed by atoms with Crippen LogP contribution in [0.4, 0.5) is 0 Å². The third-order valence-corrected chi connectivity index (χ3v) is 2.61. The van der Waals surface area contributed by atoms with E-state index in [1.54, 1.807) is 6.08 Å². The molecule has 1 aromatic carbocycles. The van der Waals surface area contributed by atoms with Crippen LogP contribution in [-0.2, 0) is 9.53 Å². The number of hydrogen-bond donors (Lipinski definition) is 0. The van der Waals surface area contributed by atoms with Crippen molar-refractivity contribution >= 4 is 12.0 Å². The molecular weight excluding hydrogens is 280 g/mol. The molecular formula is C18H26O4. The molecule has 122 valence electrons. The van der Waals surface area contributed by atoms with Crippen molar-refractivity contribution in [2.75, 3.05) is 13.2 Å². The van der Waals surface area contributed by atoms with Gasteiger partial charge >= 0.3 is 5.97 Å². The van der Waals surface area contributed by atoms with Crippen molar-refractivity contribution < 1.29 is 19.0 Å². The van der Waals surface area contributed by atoms with E-state index in [0.29, 0.717) is 13.2 Å². The van der Waals surface area contributed by atoms with Crippen LogP contribution >= 0.6 is 0 Å². The molecule has 0 atom stereocenters. The largest absolute Gasteiger partial charge is 0.493 e. The van der Waals surface area contributed by atoms with E-state index in [-0.39, 0.29) is 12.1 Å². The molecule has 0 N–H and O–H groups in total. The fourth-order valence-electron chi connectivity index (χ4n) is 1.73. The van der Waals surface area contributed by atoms with Gasteiger partial charge in [0.25, 0.3) is 0 Å². The van der Waals surface area contributed by atoms with Gasteiger partial charge in [-0.05, 0) is 50.5 Å². The first-order valence-corrected chi connectivity index (χ1v) is 7.84. The van der Waals surface area contributed by atoms with Crippen LogP contribution in [0, 0.1) is 0 Å². The highest BCUT2D eigenvalue weighted by molar-refractivity contribution is 5.87. The van der Waals surface area contributed by atoms with Crippen molar-refractivity contribution in [2.45, 2.75) is 46.6 Å². The van der Waals surface area contributed by atoms with E-state index in [9.17, 15) is 4.79 Å². The minimum Gasteiger partial charge on any atom is -0.493 e. The Kier molecular flexibility index (Phi) is 8.11. The lowest BCUT2D eigenvalue weighted by molar-refractivity contribution is -0.141. The predicted octanol–water partition coefficient (Wildman–Crippen LogP) is 4.23. The summed E-state index contributed by atoms with van der Waals surface area (Å²) in [7, 11) is 0. The Balaban J connectivity index is 2.86. The molecule has 0 bridgehead atoms. The SMILES string of the molecule is CCCOc1cc(C=CC(=O)OC(C)C)cc(OCCC)c1. The number of rotatable bonds is 9. The van der Waals surface area contributed by atoms with Gasteiger partial charge in [0.2, 0.25) is 0 Å². The molecule has 0 heterocycles. The molecule has 0 fully saturated rings. The third kappa shape index (κ3) is 7.16. The maximum Gasteiger partial charge on any atom is 0.331 e. The highest BCUT2D eigenvalue weighted by Crippen LogP contribution is 2.24. The Morgan fingerprint density at radius 1 is 1.05 bits per heavy atom. The van der Waals surface area contributed by atoms with Crippen molar-refractivity contribution in [1.82, 2.24) is 0 Å². The number of hydrogen-bond acceptors (Lipinski definition) is 4. The summed E-state index contributed by atoms with van der Waals surface area (Å²) < 4.78 is 16.4. The molecule has 0 aliphatic heterocycles. The van der Waals surface area contributed by atoms with Gasteiger partial charge in [-0.1, -0.05) is 13.8 Å². The highest BCUT2D eigenvalue weighted by atomic mass is 16.5. The maximum absolute atomic E-state index is 11.6. The Hall–Kier alpha value is -1.97. The molecule has 0 unspecified atom stereocenters. The molecule has 0 aliphatic rings. The zero-order chi connectivity index (χ0) is 16.4. The van der Waals surface area contributed by atoms with Crippen LogP contribution < -0.4 is 9.47 Å². The van der Waals surface area contributed by atoms with E-state index in [4.69, 9.17) is 14.2 Å². The van der Waals surface area contributed by atoms with Crippen molar-refractivity contribution in [3.05, 3.63) is 29.8 Å². The van der Waals surface area contributed by atoms with Gasteiger partial charge in [0.15, 0.2) is 0 Å². The third-order valence-electron chi connectivity index (χ3n) is 2.61. The van der Waals surface area contributed by atoms with Gasteiger partial charge in [-0.15, -0.1) is 0 Å². The van der Waals surface area contributed by atoms with Crippen LogP contribution in [0.3, 0.4) is 0 Å². The van der Waals surface area contributed by atoms with Crippen LogP contribution in [0.15, 0.2) is 24.3 Å². The number of carbonyl (C=O) groups excluding carboxylic acids is 1. The zero-order valence-electron chi connectivity index (χ0n) is 13.9. The molecule has 0 amide bonds. The van der Waals surface area contributed by atoms with Crippen molar-refractivity contribution in [1.29, 1.82) is 0 Å². The average Bonchev–Trinajstić information content (AvgIpc) is 2.48. The summed E-state index contributed by atoms with van der Waals surface area (Å²) in [5, 5.41) is 0. The quantitative estimate of drug-likeness (QED) is 0.506. The van der Waals surface area contributed by atoms with E-state index in [2.05, 4.69) is 13.8 Å². The summed E-state index contributed by atoms with van der Waals surface area (Å²) >= 11 is 0. The summed E-state index contributed by atoms with van der Waals surface area (Å²) in [6, 6.07) is 5.64. The van der Waals surface area contributed by atoms with E-state index in [0.717, 1.165) is 29.9 Å². The summed E-state index contributed by atoms with van der Waals surface area (Å²) in [4.78, 5) is 11.6. The first kappa shape index (κ1) is 18.1. The Morgan fingerprint density at radius 3 is 2.05 bits per heavy atom. The molecule has 0 aliphatic carbocycles. The summed E-state index contributed by atoms with van der Waals surface area (Å²) in [5.41, 5.74) is 0.848. The number of carbonyl (C=O) groups is 1. The Bertz CT molecular complexity index is 466. The van der Waals surface area contributed by atoms with Gasteiger partial charge in [-0.3, -0.25) is 0 Å². The summed E-state index contributed by atoms with van der Waals surface area (Å²) in [6.45, 7) is 9.05. The van der Waals surface area contributed by atoms with Crippen molar-refractivity contribution in [2.24, 2.45) is 0 Å².